The van der Waals surface area contributed by atoms with Crippen molar-refractivity contribution in [3.8, 4) is 11.1 Å². The van der Waals surface area contributed by atoms with Gasteiger partial charge in [0.1, 0.15) is 10.8 Å². The number of amides is 1. The number of benzene rings is 1. The predicted molar refractivity (Wildman–Crippen MR) is 108 cm³/mol. The summed E-state index contributed by atoms with van der Waals surface area (Å²) in [5.74, 6) is 0.390. The van der Waals surface area contributed by atoms with Crippen LogP contribution in [0.4, 0.5) is 5.82 Å². The molecule has 7 nitrogen and oxygen atoms in total. The van der Waals surface area contributed by atoms with Crippen LogP contribution in [0.15, 0.2) is 48.8 Å². The van der Waals surface area contributed by atoms with Crippen molar-refractivity contribution in [1.82, 2.24) is 14.8 Å². The van der Waals surface area contributed by atoms with Gasteiger partial charge >= 0.3 is 0 Å². The molecule has 1 fully saturated rings. The van der Waals surface area contributed by atoms with Crippen LogP contribution in [-0.4, -0.2) is 47.0 Å². The SMILES string of the molecule is NC(=O)/C=C(\S)n1ncc2cc(-c3ccnc(N4CCOCC4)c3)ccc21. The predicted octanol–water partition coefficient (Wildman–Crippen LogP) is 2.15. The topological polar surface area (TPSA) is 86.3 Å². The first kappa shape index (κ1) is 17.6. The van der Waals surface area contributed by atoms with Crippen molar-refractivity contribution in [3.05, 3.63) is 48.8 Å². The highest BCUT2D eigenvalue weighted by molar-refractivity contribution is 7.90. The van der Waals surface area contributed by atoms with Gasteiger partial charge in [-0.2, -0.15) is 5.10 Å². The molecule has 3 heterocycles. The van der Waals surface area contributed by atoms with E-state index in [1.165, 1.54) is 6.08 Å². The van der Waals surface area contributed by atoms with Gasteiger partial charge in [0.25, 0.3) is 0 Å². The zero-order chi connectivity index (χ0) is 18.8. The van der Waals surface area contributed by atoms with E-state index in [1.54, 1.807) is 10.9 Å². The van der Waals surface area contributed by atoms with Gasteiger partial charge in [0, 0.05) is 30.7 Å². The molecule has 0 aliphatic carbocycles. The molecule has 1 aliphatic heterocycles. The fraction of sp³-hybridized carbons (Fsp3) is 0.211. The first-order valence-corrected chi connectivity index (χ1v) is 9.04. The quantitative estimate of drug-likeness (QED) is 0.534. The summed E-state index contributed by atoms with van der Waals surface area (Å²) in [5.41, 5.74) is 8.20. The number of aromatic nitrogens is 3. The Bertz CT molecular complexity index is 1020. The molecule has 138 valence electrons. The van der Waals surface area contributed by atoms with Gasteiger partial charge in [0.2, 0.25) is 5.91 Å². The minimum atomic E-state index is -0.562. The molecule has 0 unspecified atom stereocenters. The summed E-state index contributed by atoms with van der Waals surface area (Å²) in [7, 11) is 0. The van der Waals surface area contributed by atoms with Gasteiger partial charge in [-0.15, -0.1) is 12.6 Å². The fourth-order valence-corrected chi connectivity index (χ4v) is 3.43. The highest BCUT2D eigenvalue weighted by Crippen LogP contribution is 2.28. The van der Waals surface area contributed by atoms with Gasteiger partial charge in [-0.3, -0.25) is 4.79 Å². The number of morpholine rings is 1. The first-order valence-electron chi connectivity index (χ1n) is 8.59. The number of rotatable bonds is 4. The minimum absolute atomic E-state index is 0.378. The van der Waals surface area contributed by atoms with Crippen LogP contribution in [0.2, 0.25) is 0 Å². The third-order valence-electron chi connectivity index (χ3n) is 4.47. The van der Waals surface area contributed by atoms with Crippen LogP contribution in [0, 0.1) is 0 Å². The lowest BCUT2D eigenvalue weighted by Crippen LogP contribution is -2.36. The van der Waals surface area contributed by atoms with Crippen molar-refractivity contribution in [2.24, 2.45) is 5.73 Å². The van der Waals surface area contributed by atoms with E-state index in [0.717, 1.165) is 54.2 Å². The molecule has 1 aliphatic rings. The third kappa shape index (κ3) is 3.67. The summed E-state index contributed by atoms with van der Waals surface area (Å²) in [6.07, 6.45) is 4.81. The number of nitrogens with two attached hydrogens (primary N) is 1. The Kier molecular flexibility index (Phi) is 4.83. The molecule has 8 heteroatoms. The van der Waals surface area contributed by atoms with Crippen LogP contribution in [0.25, 0.3) is 27.1 Å². The van der Waals surface area contributed by atoms with Crippen LogP contribution in [0.1, 0.15) is 0 Å². The Balaban J connectivity index is 1.68. The summed E-state index contributed by atoms with van der Waals surface area (Å²) in [6, 6.07) is 10.1. The summed E-state index contributed by atoms with van der Waals surface area (Å²) in [5, 5.41) is 5.63. The molecular weight excluding hydrogens is 362 g/mol. The van der Waals surface area contributed by atoms with Crippen molar-refractivity contribution in [2.75, 3.05) is 31.2 Å². The number of ether oxygens (including phenoxy) is 1. The number of hydrogen-bond donors (Lipinski definition) is 2. The van der Waals surface area contributed by atoms with Crippen molar-refractivity contribution < 1.29 is 9.53 Å². The lowest BCUT2D eigenvalue weighted by molar-refractivity contribution is -0.113. The number of nitrogens with zero attached hydrogens (tertiary/aromatic N) is 4. The molecule has 0 radical (unpaired) electrons. The average molecular weight is 381 g/mol. The summed E-state index contributed by atoms with van der Waals surface area (Å²) in [6.45, 7) is 3.14. The number of fused-ring (bicyclic) bond motifs is 1. The van der Waals surface area contributed by atoms with Gasteiger partial charge in [-0.1, -0.05) is 6.07 Å². The largest absolute Gasteiger partial charge is 0.378 e. The molecule has 1 amide bonds. The van der Waals surface area contributed by atoms with Crippen molar-refractivity contribution in [2.45, 2.75) is 0 Å². The van der Waals surface area contributed by atoms with Crippen LogP contribution >= 0.6 is 12.6 Å². The van der Waals surface area contributed by atoms with Crippen LogP contribution < -0.4 is 10.6 Å². The second-order valence-electron chi connectivity index (χ2n) is 6.24. The lowest BCUT2D eigenvalue weighted by Gasteiger charge is -2.28. The van der Waals surface area contributed by atoms with Gasteiger partial charge < -0.3 is 15.4 Å². The van der Waals surface area contributed by atoms with E-state index in [-0.39, 0.29) is 0 Å². The maximum Gasteiger partial charge on any atom is 0.244 e. The number of thiol groups is 1. The molecule has 2 aromatic heterocycles. The van der Waals surface area contributed by atoms with Crippen molar-refractivity contribution >= 4 is 40.3 Å². The smallest absolute Gasteiger partial charge is 0.244 e. The molecule has 0 spiro atoms. The summed E-state index contributed by atoms with van der Waals surface area (Å²) in [4.78, 5) is 17.8. The molecule has 0 saturated carbocycles. The Morgan fingerprint density at radius 1 is 1.19 bits per heavy atom. The Morgan fingerprint density at radius 3 is 2.74 bits per heavy atom. The van der Waals surface area contributed by atoms with Gasteiger partial charge in [-0.25, -0.2) is 9.67 Å². The molecule has 1 aromatic carbocycles. The van der Waals surface area contributed by atoms with Crippen LogP contribution in [0.5, 0.6) is 0 Å². The van der Waals surface area contributed by atoms with Crippen LogP contribution in [-0.2, 0) is 9.53 Å². The van der Waals surface area contributed by atoms with Crippen LogP contribution in [0.3, 0.4) is 0 Å². The molecule has 0 bridgehead atoms. The first-order chi connectivity index (χ1) is 13.1. The second-order valence-corrected chi connectivity index (χ2v) is 6.70. The standard InChI is InChI=1S/C19H19N5O2S/c20-17(25)11-19(27)24-16-2-1-13(9-15(16)12-22-24)14-3-4-21-18(10-14)23-5-7-26-8-6-23/h1-4,9-12,27H,5-8H2,(H2,20,25)/b19-11-. The molecule has 4 rings (SSSR count). The molecule has 27 heavy (non-hydrogen) atoms. The Hall–Kier alpha value is -2.84. The van der Waals surface area contributed by atoms with E-state index in [2.05, 4.69) is 39.7 Å². The lowest BCUT2D eigenvalue weighted by atomic mass is 10.0. The van der Waals surface area contributed by atoms with Crippen molar-refractivity contribution in [3.63, 3.8) is 0 Å². The minimum Gasteiger partial charge on any atom is -0.378 e. The highest BCUT2D eigenvalue weighted by Gasteiger charge is 2.13. The summed E-state index contributed by atoms with van der Waals surface area (Å²) < 4.78 is 6.99. The van der Waals surface area contributed by atoms with Gasteiger partial charge in [0.15, 0.2) is 0 Å². The second kappa shape index (κ2) is 7.42. The van der Waals surface area contributed by atoms with Gasteiger partial charge in [0.05, 0.1) is 24.9 Å². The monoisotopic (exact) mass is 381 g/mol. The van der Waals surface area contributed by atoms with E-state index < -0.39 is 5.91 Å². The Labute approximate surface area is 161 Å². The van der Waals surface area contributed by atoms with E-state index in [9.17, 15) is 4.79 Å². The molecule has 2 N–H and O–H groups in total. The highest BCUT2D eigenvalue weighted by atomic mass is 32.1. The number of primary amides is 1. The fourth-order valence-electron chi connectivity index (χ4n) is 3.15. The molecule has 3 aromatic rings. The number of anilines is 1. The summed E-state index contributed by atoms with van der Waals surface area (Å²) >= 11 is 4.31. The average Bonchev–Trinajstić information content (AvgIpc) is 3.12. The molecule has 0 atom stereocenters. The van der Waals surface area contributed by atoms with E-state index >= 15 is 0 Å². The van der Waals surface area contributed by atoms with E-state index in [1.807, 2.05) is 24.4 Å². The number of carbonyl (C=O) groups excluding carboxylic acids is 1. The zero-order valence-electron chi connectivity index (χ0n) is 14.6. The van der Waals surface area contributed by atoms with Gasteiger partial charge in [-0.05, 0) is 35.4 Å². The maximum atomic E-state index is 11.1. The third-order valence-corrected chi connectivity index (χ3v) is 4.79. The Morgan fingerprint density at radius 2 is 1.96 bits per heavy atom. The van der Waals surface area contributed by atoms with E-state index in [0.29, 0.717) is 5.03 Å². The zero-order valence-corrected chi connectivity index (χ0v) is 15.5. The van der Waals surface area contributed by atoms with E-state index in [4.69, 9.17) is 10.5 Å². The normalized spacial score (nSPS) is 15.3. The number of hydrogen-bond acceptors (Lipinski definition) is 6. The molecule has 1 saturated heterocycles. The van der Waals surface area contributed by atoms with Crippen molar-refractivity contribution in [1.29, 1.82) is 0 Å². The number of carbonyl (C=O) groups is 1. The number of pyridine rings is 1. The maximum absolute atomic E-state index is 11.1. The molecular formula is C19H19N5O2S.